The molecule has 24 heavy (non-hydrogen) atoms. The van der Waals surface area contributed by atoms with Crippen LogP contribution in [0.3, 0.4) is 0 Å². The highest BCUT2D eigenvalue weighted by Crippen LogP contribution is 2.15. The second kappa shape index (κ2) is 9.57. The molecule has 0 unspecified atom stereocenters. The number of likely N-dealkylation sites (N-methyl/N-ethyl adjacent to an activating group) is 1. The number of hydrogen-bond acceptors (Lipinski definition) is 3. The predicted molar refractivity (Wildman–Crippen MR) is 97.4 cm³/mol. The molecule has 0 bridgehead atoms. The lowest BCUT2D eigenvalue weighted by molar-refractivity contribution is 0.249. The first kappa shape index (κ1) is 17.8. The summed E-state index contributed by atoms with van der Waals surface area (Å²) in [5.41, 5.74) is 2.01. The Kier molecular flexibility index (Phi) is 7.11. The maximum Gasteiger partial charge on any atom is 0.319 e. The first-order chi connectivity index (χ1) is 11.7. The van der Waals surface area contributed by atoms with Crippen LogP contribution >= 0.6 is 0 Å². The van der Waals surface area contributed by atoms with Gasteiger partial charge in [-0.15, -0.1) is 0 Å². The molecule has 0 aliphatic heterocycles. The number of urea groups is 1. The summed E-state index contributed by atoms with van der Waals surface area (Å²) in [5.74, 6) is 0.797. The van der Waals surface area contributed by atoms with Gasteiger partial charge >= 0.3 is 6.03 Å². The van der Waals surface area contributed by atoms with Crippen molar-refractivity contribution in [1.82, 2.24) is 10.2 Å². The lowest BCUT2D eigenvalue weighted by Gasteiger charge is -2.17. The van der Waals surface area contributed by atoms with E-state index in [2.05, 4.69) is 27.7 Å². The summed E-state index contributed by atoms with van der Waals surface area (Å²) >= 11 is 0. The summed E-state index contributed by atoms with van der Waals surface area (Å²) in [5, 5.41) is 5.68. The quantitative estimate of drug-likeness (QED) is 0.782. The van der Waals surface area contributed by atoms with Crippen molar-refractivity contribution in [3.63, 3.8) is 0 Å². The highest BCUT2D eigenvalue weighted by atomic mass is 16.5. The Bertz CT molecular complexity index is 614. The van der Waals surface area contributed by atoms with Gasteiger partial charge in [0, 0.05) is 25.3 Å². The summed E-state index contributed by atoms with van der Waals surface area (Å²) in [6.45, 7) is 4.80. The third kappa shape index (κ3) is 6.30. The smallest absolute Gasteiger partial charge is 0.319 e. The largest absolute Gasteiger partial charge is 0.494 e. The van der Waals surface area contributed by atoms with E-state index in [0.717, 1.165) is 24.5 Å². The molecule has 2 rings (SSSR count). The van der Waals surface area contributed by atoms with Crippen molar-refractivity contribution in [3.05, 3.63) is 60.2 Å². The van der Waals surface area contributed by atoms with Crippen LogP contribution in [-0.4, -0.2) is 37.7 Å². The van der Waals surface area contributed by atoms with E-state index < -0.39 is 0 Å². The van der Waals surface area contributed by atoms with Crippen LogP contribution in [0.25, 0.3) is 0 Å². The molecule has 0 saturated heterocycles. The fraction of sp³-hybridized carbons (Fsp3) is 0.316. The number of benzene rings is 2. The zero-order valence-corrected chi connectivity index (χ0v) is 14.3. The standard InChI is InChI=1S/C19H25N3O2/c1-3-24-18-11-9-17(10-12-18)21-19(23)20-13-14-22(2)15-16-7-5-4-6-8-16/h4-12H,3,13-15H2,1-2H3,(H2,20,21,23). The summed E-state index contributed by atoms with van der Waals surface area (Å²) in [6, 6.07) is 17.4. The van der Waals surface area contributed by atoms with Crippen molar-refractivity contribution in [1.29, 1.82) is 0 Å². The van der Waals surface area contributed by atoms with Crippen LogP contribution in [0.1, 0.15) is 12.5 Å². The van der Waals surface area contributed by atoms with Crippen molar-refractivity contribution in [2.24, 2.45) is 0 Å². The normalized spacial score (nSPS) is 10.5. The summed E-state index contributed by atoms with van der Waals surface area (Å²) in [6.07, 6.45) is 0. The molecule has 0 radical (unpaired) electrons. The number of ether oxygens (including phenoxy) is 1. The van der Waals surface area contributed by atoms with Gasteiger partial charge in [0.05, 0.1) is 6.61 Å². The number of anilines is 1. The van der Waals surface area contributed by atoms with Gasteiger partial charge in [-0.25, -0.2) is 4.79 Å². The molecule has 0 fully saturated rings. The fourth-order valence-corrected chi connectivity index (χ4v) is 2.31. The van der Waals surface area contributed by atoms with Crippen molar-refractivity contribution >= 4 is 11.7 Å². The van der Waals surface area contributed by atoms with Gasteiger partial charge in [-0.05, 0) is 43.8 Å². The number of rotatable bonds is 8. The van der Waals surface area contributed by atoms with E-state index in [4.69, 9.17) is 4.74 Å². The predicted octanol–water partition coefficient (Wildman–Crippen LogP) is 3.34. The van der Waals surface area contributed by atoms with E-state index in [1.165, 1.54) is 5.56 Å². The summed E-state index contributed by atoms with van der Waals surface area (Å²) in [4.78, 5) is 14.1. The van der Waals surface area contributed by atoms with Crippen LogP contribution in [0.4, 0.5) is 10.5 Å². The van der Waals surface area contributed by atoms with E-state index in [0.29, 0.717) is 13.2 Å². The number of amides is 2. The molecule has 2 N–H and O–H groups in total. The van der Waals surface area contributed by atoms with Gasteiger partial charge in [-0.2, -0.15) is 0 Å². The molecule has 0 aliphatic carbocycles. The van der Waals surface area contributed by atoms with Crippen molar-refractivity contribution < 1.29 is 9.53 Å². The molecule has 0 aliphatic rings. The molecule has 2 aromatic rings. The molecule has 5 nitrogen and oxygen atoms in total. The molecule has 0 heterocycles. The van der Waals surface area contributed by atoms with Gasteiger partial charge in [0.2, 0.25) is 0 Å². The Labute approximate surface area is 143 Å². The van der Waals surface area contributed by atoms with E-state index in [1.54, 1.807) is 0 Å². The number of hydrogen-bond donors (Lipinski definition) is 2. The molecule has 2 amide bonds. The highest BCUT2D eigenvalue weighted by Gasteiger charge is 2.04. The molecule has 128 valence electrons. The first-order valence-electron chi connectivity index (χ1n) is 8.17. The minimum absolute atomic E-state index is 0.202. The van der Waals surface area contributed by atoms with Gasteiger partial charge in [-0.1, -0.05) is 30.3 Å². The zero-order valence-electron chi connectivity index (χ0n) is 14.3. The van der Waals surface area contributed by atoms with Gasteiger partial charge in [0.15, 0.2) is 0 Å². The van der Waals surface area contributed by atoms with E-state index in [9.17, 15) is 4.79 Å². The molecule has 0 atom stereocenters. The van der Waals surface area contributed by atoms with Crippen LogP contribution in [0.2, 0.25) is 0 Å². The molecule has 2 aromatic carbocycles. The molecule has 5 heteroatoms. The lowest BCUT2D eigenvalue weighted by Crippen LogP contribution is -2.35. The minimum atomic E-state index is -0.202. The Morgan fingerprint density at radius 2 is 1.79 bits per heavy atom. The molecular weight excluding hydrogens is 302 g/mol. The van der Waals surface area contributed by atoms with E-state index in [1.807, 2.05) is 56.4 Å². The number of nitrogens with one attached hydrogen (secondary N) is 2. The van der Waals surface area contributed by atoms with Crippen molar-refractivity contribution in [2.75, 3.05) is 32.1 Å². The van der Waals surface area contributed by atoms with Crippen LogP contribution in [-0.2, 0) is 6.54 Å². The lowest BCUT2D eigenvalue weighted by atomic mass is 10.2. The van der Waals surface area contributed by atoms with Crippen molar-refractivity contribution in [3.8, 4) is 5.75 Å². The third-order valence-electron chi connectivity index (χ3n) is 3.50. The van der Waals surface area contributed by atoms with E-state index in [-0.39, 0.29) is 6.03 Å². The highest BCUT2D eigenvalue weighted by molar-refractivity contribution is 5.89. The Morgan fingerprint density at radius 3 is 2.46 bits per heavy atom. The zero-order chi connectivity index (χ0) is 17.2. The van der Waals surface area contributed by atoms with Crippen LogP contribution in [0.5, 0.6) is 5.75 Å². The minimum Gasteiger partial charge on any atom is -0.494 e. The Balaban J connectivity index is 1.67. The average molecular weight is 327 g/mol. The Morgan fingerprint density at radius 1 is 1.08 bits per heavy atom. The van der Waals surface area contributed by atoms with Crippen molar-refractivity contribution in [2.45, 2.75) is 13.5 Å². The van der Waals surface area contributed by atoms with Crippen LogP contribution in [0.15, 0.2) is 54.6 Å². The fourth-order valence-electron chi connectivity index (χ4n) is 2.31. The molecular formula is C19H25N3O2. The van der Waals surface area contributed by atoms with Crippen LogP contribution < -0.4 is 15.4 Å². The van der Waals surface area contributed by atoms with Gasteiger partial charge in [0.1, 0.15) is 5.75 Å². The third-order valence-corrected chi connectivity index (χ3v) is 3.50. The monoisotopic (exact) mass is 327 g/mol. The van der Waals surface area contributed by atoms with Gasteiger partial charge in [0.25, 0.3) is 0 Å². The van der Waals surface area contributed by atoms with Gasteiger partial charge < -0.3 is 20.3 Å². The topological polar surface area (TPSA) is 53.6 Å². The molecule has 0 aromatic heterocycles. The average Bonchev–Trinajstić information content (AvgIpc) is 2.58. The number of carbonyl (C=O) groups excluding carboxylic acids is 1. The summed E-state index contributed by atoms with van der Waals surface area (Å²) in [7, 11) is 2.04. The maximum absolute atomic E-state index is 11.9. The second-order valence-corrected chi connectivity index (χ2v) is 5.56. The van der Waals surface area contributed by atoms with Gasteiger partial charge in [-0.3, -0.25) is 0 Å². The molecule has 0 saturated carbocycles. The maximum atomic E-state index is 11.9. The first-order valence-corrected chi connectivity index (χ1v) is 8.17. The summed E-state index contributed by atoms with van der Waals surface area (Å²) < 4.78 is 5.37. The second-order valence-electron chi connectivity index (χ2n) is 5.56. The Hall–Kier alpha value is -2.53. The number of carbonyl (C=O) groups is 1. The SMILES string of the molecule is CCOc1ccc(NC(=O)NCCN(C)Cc2ccccc2)cc1. The molecule has 0 spiro atoms. The van der Waals surface area contributed by atoms with Crippen LogP contribution in [0, 0.1) is 0 Å². The number of nitrogens with zero attached hydrogens (tertiary/aromatic N) is 1. The van der Waals surface area contributed by atoms with E-state index >= 15 is 0 Å².